The highest BCUT2D eigenvalue weighted by atomic mass is 32.2. The lowest BCUT2D eigenvalue weighted by Crippen LogP contribution is -2.21. The summed E-state index contributed by atoms with van der Waals surface area (Å²) in [6.07, 6.45) is 1.60. The lowest BCUT2D eigenvalue weighted by molar-refractivity contribution is 0.385. The molecule has 20 heavy (non-hydrogen) atoms. The molecule has 0 saturated carbocycles. The topological polar surface area (TPSA) is 55.4 Å². The van der Waals surface area contributed by atoms with E-state index in [4.69, 9.17) is 4.74 Å². The summed E-state index contributed by atoms with van der Waals surface area (Å²) in [5.74, 6) is 1.75. The molecule has 2 rings (SSSR count). The second-order valence-corrected chi connectivity index (χ2v) is 7.82. The quantitative estimate of drug-likeness (QED) is 0.904. The van der Waals surface area contributed by atoms with Gasteiger partial charge in [-0.15, -0.1) is 0 Å². The Labute approximate surface area is 121 Å². The Bertz CT molecular complexity index is 568. The van der Waals surface area contributed by atoms with Crippen LogP contribution >= 0.6 is 0 Å². The first-order valence-electron chi connectivity index (χ1n) is 6.97. The maximum Gasteiger partial charge on any atom is 0.150 e. The number of sulfone groups is 1. The zero-order valence-corrected chi connectivity index (χ0v) is 13.2. The van der Waals surface area contributed by atoms with Gasteiger partial charge in [0.15, 0.2) is 9.84 Å². The van der Waals surface area contributed by atoms with Crippen molar-refractivity contribution in [1.29, 1.82) is 0 Å². The predicted molar refractivity (Wildman–Crippen MR) is 80.9 cm³/mol. The predicted octanol–water partition coefficient (Wildman–Crippen LogP) is 2.09. The van der Waals surface area contributed by atoms with Crippen LogP contribution in [0.3, 0.4) is 0 Å². The third-order valence-corrected chi connectivity index (χ3v) is 5.84. The van der Waals surface area contributed by atoms with Crippen molar-refractivity contribution in [2.75, 3.05) is 25.7 Å². The van der Waals surface area contributed by atoms with E-state index in [9.17, 15) is 8.42 Å². The number of hydrogen-bond donors (Lipinski definition) is 1. The summed E-state index contributed by atoms with van der Waals surface area (Å²) in [6.45, 7) is 2.05. The van der Waals surface area contributed by atoms with Gasteiger partial charge < -0.3 is 10.1 Å². The highest BCUT2D eigenvalue weighted by Crippen LogP contribution is 2.33. The van der Waals surface area contributed by atoms with E-state index in [-0.39, 0.29) is 12.0 Å². The molecule has 1 aliphatic heterocycles. The first-order valence-corrected chi connectivity index (χ1v) is 8.79. The van der Waals surface area contributed by atoms with E-state index in [0.717, 1.165) is 24.2 Å². The fourth-order valence-electron chi connectivity index (χ4n) is 2.92. The molecule has 2 unspecified atom stereocenters. The molecule has 5 heteroatoms. The molecule has 0 spiro atoms. The van der Waals surface area contributed by atoms with Crippen LogP contribution in [0.25, 0.3) is 0 Å². The maximum atomic E-state index is 11.6. The summed E-state index contributed by atoms with van der Waals surface area (Å²) >= 11 is 0. The first-order chi connectivity index (χ1) is 9.45. The number of ether oxygens (including phenoxy) is 1. The van der Waals surface area contributed by atoms with Gasteiger partial charge in [-0.05, 0) is 38.8 Å². The Balaban J connectivity index is 2.18. The van der Waals surface area contributed by atoms with Crippen molar-refractivity contribution in [1.82, 2.24) is 5.32 Å². The number of methoxy groups -OCH3 is 1. The van der Waals surface area contributed by atoms with E-state index in [1.165, 1.54) is 5.56 Å². The molecule has 0 radical (unpaired) electrons. The Morgan fingerprint density at radius 2 is 2.20 bits per heavy atom. The average molecular weight is 297 g/mol. The van der Waals surface area contributed by atoms with Crippen LogP contribution in [-0.4, -0.2) is 34.1 Å². The van der Waals surface area contributed by atoms with E-state index in [1.54, 1.807) is 7.11 Å². The lowest BCUT2D eigenvalue weighted by Gasteiger charge is -2.22. The van der Waals surface area contributed by atoms with Gasteiger partial charge in [0.05, 0.1) is 18.6 Å². The SMILES string of the molecule is CNC(CC1CCS(=O)(=O)C1)c1cc(C)ccc1OC. The van der Waals surface area contributed by atoms with E-state index in [2.05, 4.69) is 18.3 Å². The van der Waals surface area contributed by atoms with Crippen molar-refractivity contribution in [2.45, 2.75) is 25.8 Å². The summed E-state index contributed by atoms with van der Waals surface area (Å²) in [4.78, 5) is 0. The van der Waals surface area contributed by atoms with Crippen LogP contribution in [0.2, 0.25) is 0 Å². The van der Waals surface area contributed by atoms with Gasteiger partial charge in [-0.25, -0.2) is 8.42 Å². The number of benzene rings is 1. The average Bonchev–Trinajstić information content (AvgIpc) is 2.75. The lowest BCUT2D eigenvalue weighted by atomic mass is 9.93. The molecule has 1 saturated heterocycles. The van der Waals surface area contributed by atoms with Crippen molar-refractivity contribution >= 4 is 9.84 Å². The van der Waals surface area contributed by atoms with Crippen LogP contribution in [-0.2, 0) is 9.84 Å². The van der Waals surface area contributed by atoms with Crippen LogP contribution in [0.1, 0.15) is 30.0 Å². The van der Waals surface area contributed by atoms with Crippen LogP contribution in [0, 0.1) is 12.8 Å². The smallest absolute Gasteiger partial charge is 0.150 e. The van der Waals surface area contributed by atoms with Gasteiger partial charge in [0.2, 0.25) is 0 Å². The molecule has 0 bridgehead atoms. The van der Waals surface area contributed by atoms with Crippen molar-refractivity contribution < 1.29 is 13.2 Å². The summed E-state index contributed by atoms with van der Waals surface area (Å²) in [6, 6.07) is 6.24. The minimum absolute atomic E-state index is 0.128. The molecule has 1 aromatic rings. The van der Waals surface area contributed by atoms with E-state index < -0.39 is 9.84 Å². The number of rotatable bonds is 5. The molecule has 2 atom stereocenters. The number of aryl methyl sites for hydroxylation is 1. The number of nitrogens with one attached hydrogen (secondary N) is 1. The summed E-state index contributed by atoms with van der Waals surface area (Å²) in [5.41, 5.74) is 2.29. The molecule has 0 amide bonds. The molecule has 0 aliphatic carbocycles. The van der Waals surface area contributed by atoms with Gasteiger partial charge in [-0.1, -0.05) is 17.7 Å². The minimum atomic E-state index is -2.81. The fourth-order valence-corrected chi connectivity index (χ4v) is 4.80. The van der Waals surface area contributed by atoms with Crippen molar-refractivity contribution in [2.24, 2.45) is 5.92 Å². The Hall–Kier alpha value is -1.07. The summed E-state index contributed by atoms with van der Waals surface area (Å²) in [7, 11) is 0.766. The Morgan fingerprint density at radius 1 is 1.45 bits per heavy atom. The molecular formula is C15H23NO3S. The molecular weight excluding hydrogens is 274 g/mol. The van der Waals surface area contributed by atoms with Gasteiger partial charge in [0.1, 0.15) is 5.75 Å². The van der Waals surface area contributed by atoms with Gasteiger partial charge in [0, 0.05) is 11.6 Å². The molecule has 4 nitrogen and oxygen atoms in total. The van der Waals surface area contributed by atoms with Crippen molar-refractivity contribution in [3.05, 3.63) is 29.3 Å². The van der Waals surface area contributed by atoms with Crippen molar-refractivity contribution in [3.63, 3.8) is 0 Å². The standard InChI is InChI=1S/C15H23NO3S/c1-11-4-5-15(19-3)13(8-11)14(16-2)9-12-6-7-20(17,18)10-12/h4-5,8,12,14,16H,6-7,9-10H2,1-3H3. The van der Waals surface area contributed by atoms with E-state index >= 15 is 0 Å². The zero-order valence-electron chi connectivity index (χ0n) is 12.3. The molecule has 1 heterocycles. The normalized spacial score (nSPS) is 22.6. The molecule has 1 aliphatic rings. The van der Waals surface area contributed by atoms with Crippen LogP contribution < -0.4 is 10.1 Å². The number of hydrogen-bond acceptors (Lipinski definition) is 4. The van der Waals surface area contributed by atoms with E-state index in [1.807, 2.05) is 19.2 Å². The first kappa shape index (κ1) is 15.3. The van der Waals surface area contributed by atoms with E-state index in [0.29, 0.717) is 11.5 Å². The van der Waals surface area contributed by atoms with Gasteiger partial charge in [-0.3, -0.25) is 0 Å². The summed E-state index contributed by atoms with van der Waals surface area (Å²) < 4.78 is 28.6. The van der Waals surface area contributed by atoms with Crippen LogP contribution in [0.15, 0.2) is 18.2 Å². The largest absolute Gasteiger partial charge is 0.496 e. The molecule has 1 fully saturated rings. The van der Waals surface area contributed by atoms with Crippen LogP contribution in [0.4, 0.5) is 0 Å². The molecule has 1 aromatic carbocycles. The summed E-state index contributed by atoms with van der Waals surface area (Å²) in [5, 5.41) is 3.30. The minimum Gasteiger partial charge on any atom is -0.496 e. The molecule has 112 valence electrons. The molecule has 0 aromatic heterocycles. The third kappa shape index (κ3) is 3.52. The van der Waals surface area contributed by atoms with Gasteiger partial charge in [-0.2, -0.15) is 0 Å². The third-order valence-electron chi connectivity index (χ3n) is 4.00. The highest BCUT2D eigenvalue weighted by molar-refractivity contribution is 7.91. The zero-order chi connectivity index (χ0) is 14.8. The second kappa shape index (κ2) is 6.14. The monoisotopic (exact) mass is 297 g/mol. The van der Waals surface area contributed by atoms with Gasteiger partial charge in [0.25, 0.3) is 0 Å². The maximum absolute atomic E-state index is 11.6. The van der Waals surface area contributed by atoms with Crippen molar-refractivity contribution in [3.8, 4) is 5.75 Å². The fraction of sp³-hybridized carbons (Fsp3) is 0.600. The second-order valence-electron chi connectivity index (χ2n) is 5.59. The van der Waals surface area contributed by atoms with Gasteiger partial charge >= 0.3 is 0 Å². The highest BCUT2D eigenvalue weighted by Gasteiger charge is 2.30. The Morgan fingerprint density at radius 3 is 2.75 bits per heavy atom. The van der Waals surface area contributed by atoms with Crippen LogP contribution in [0.5, 0.6) is 5.75 Å². The molecule has 1 N–H and O–H groups in total. The Kier molecular flexibility index (Phi) is 4.70.